The van der Waals surface area contributed by atoms with Crippen molar-refractivity contribution in [3.8, 4) is 11.5 Å². The SMILES string of the molecule is COCCN(CC(C)C(=O)OC)C(=O)CCCOc1ccc(OC)cc1. The second-order valence-electron chi connectivity index (χ2n) is 5.88. The van der Waals surface area contributed by atoms with Crippen LogP contribution in [0.25, 0.3) is 0 Å². The minimum Gasteiger partial charge on any atom is -0.497 e. The zero-order chi connectivity index (χ0) is 19.4. The number of esters is 1. The third-order valence-electron chi connectivity index (χ3n) is 3.88. The highest BCUT2D eigenvalue weighted by Gasteiger charge is 2.21. The number of benzene rings is 1. The Morgan fingerprint density at radius 3 is 2.27 bits per heavy atom. The predicted octanol–water partition coefficient (Wildman–Crippen LogP) is 2.14. The molecule has 0 saturated carbocycles. The van der Waals surface area contributed by atoms with E-state index in [9.17, 15) is 9.59 Å². The summed E-state index contributed by atoms with van der Waals surface area (Å²) in [5, 5.41) is 0. The van der Waals surface area contributed by atoms with E-state index in [4.69, 9.17) is 18.9 Å². The fourth-order valence-electron chi connectivity index (χ4n) is 2.37. The van der Waals surface area contributed by atoms with Crippen LogP contribution in [0.2, 0.25) is 0 Å². The largest absolute Gasteiger partial charge is 0.497 e. The first-order valence-corrected chi connectivity index (χ1v) is 8.63. The van der Waals surface area contributed by atoms with E-state index < -0.39 is 0 Å². The van der Waals surface area contributed by atoms with Gasteiger partial charge in [0.2, 0.25) is 5.91 Å². The van der Waals surface area contributed by atoms with Crippen molar-refractivity contribution in [3.05, 3.63) is 24.3 Å². The van der Waals surface area contributed by atoms with Crippen LogP contribution in [-0.2, 0) is 19.1 Å². The lowest BCUT2D eigenvalue weighted by molar-refractivity contribution is -0.146. The number of rotatable bonds is 12. The number of hydrogen-bond donors (Lipinski definition) is 0. The third-order valence-corrected chi connectivity index (χ3v) is 3.88. The van der Waals surface area contributed by atoms with Gasteiger partial charge in [-0.2, -0.15) is 0 Å². The van der Waals surface area contributed by atoms with Gasteiger partial charge in [-0.25, -0.2) is 0 Å². The monoisotopic (exact) mass is 367 g/mol. The summed E-state index contributed by atoms with van der Waals surface area (Å²) < 4.78 is 20.5. The lowest BCUT2D eigenvalue weighted by Gasteiger charge is -2.25. The number of methoxy groups -OCH3 is 3. The van der Waals surface area contributed by atoms with Crippen molar-refractivity contribution in [2.75, 3.05) is 47.6 Å². The van der Waals surface area contributed by atoms with Gasteiger partial charge in [-0.15, -0.1) is 0 Å². The summed E-state index contributed by atoms with van der Waals surface area (Å²) in [7, 11) is 4.53. The van der Waals surface area contributed by atoms with Crippen LogP contribution < -0.4 is 9.47 Å². The first-order chi connectivity index (χ1) is 12.5. The molecular formula is C19H29NO6. The van der Waals surface area contributed by atoms with E-state index in [2.05, 4.69) is 0 Å². The van der Waals surface area contributed by atoms with Crippen LogP contribution in [0.1, 0.15) is 19.8 Å². The topological polar surface area (TPSA) is 74.3 Å². The third kappa shape index (κ3) is 7.74. The normalized spacial score (nSPS) is 11.5. The molecule has 7 heteroatoms. The van der Waals surface area contributed by atoms with Crippen LogP contribution >= 0.6 is 0 Å². The number of hydrogen-bond acceptors (Lipinski definition) is 6. The minimum absolute atomic E-state index is 0.0314. The van der Waals surface area contributed by atoms with Gasteiger partial charge in [0.25, 0.3) is 0 Å². The van der Waals surface area contributed by atoms with E-state index in [0.29, 0.717) is 39.1 Å². The predicted molar refractivity (Wildman–Crippen MR) is 97.4 cm³/mol. The van der Waals surface area contributed by atoms with E-state index >= 15 is 0 Å². The maximum Gasteiger partial charge on any atom is 0.310 e. The van der Waals surface area contributed by atoms with E-state index in [-0.39, 0.29) is 17.8 Å². The van der Waals surface area contributed by atoms with Gasteiger partial charge in [0.1, 0.15) is 11.5 Å². The molecule has 0 aromatic heterocycles. The highest BCUT2D eigenvalue weighted by Crippen LogP contribution is 2.17. The van der Waals surface area contributed by atoms with E-state index in [1.54, 1.807) is 26.0 Å². The molecule has 1 aromatic carbocycles. The van der Waals surface area contributed by atoms with Gasteiger partial charge in [0, 0.05) is 26.6 Å². The molecule has 0 aliphatic heterocycles. The van der Waals surface area contributed by atoms with Crippen molar-refractivity contribution in [3.63, 3.8) is 0 Å². The van der Waals surface area contributed by atoms with Gasteiger partial charge in [-0.1, -0.05) is 6.92 Å². The molecule has 0 bridgehead atoms. The van der Waals surface area contributed by atoms with Crippen molar-refractivity contribution in [1.29, 1.82) is 0 Å². The number of carbonyl (C=O) groups excluding carboxylic acids is 2. The van der Waals surface area contributed by atoms with Crippen LogP contribution in [-0.4, -0.2) is 64.4 Å². The minimum atomic E-state index is -0.378. The van der Waals surface area contributed by atoms with Crippen LogP contribution in [0.15, 0.2) is 24.3 Å². The quantitative estimate of drug-likeness (QED) is 0.416. The summed E-state index contributed by atoms with van der Waals surface area (Å²) in [6.07, 6.45) is 0.925. The van der Waals surface area contributed by atoms with Crippen LogP contribution in [0.3, 0.4) is 0 Å². The highest BCUT2D eigenvalue weighted by molar-refractivity contribution is 5.78. The molecule has 0 aliphatic carbocycles. The molecule has 1 atom stereocenters. The number of nitrogens with zero attached hydrogens (tertiary/aromatic N) is 1. The second kappa shape index (κ2) is 12.1. The Kier molecular flexibility index (Phi) is 10.2. The fraction of sp³-hybridized carbons (Fsp3) is 0.579. The van der Waals surface area contributed by atoms with Gasteiger partial charge in [0.05, 0.1) is 33.4 Å². The average Bonchev–Trinajstić information content (AvgIpc) is 2.67. The summed E-state index contributed by atoms with van der Waals surface area (Å²) in [5.41, 5.74) is 0. The molecule has 0 heterocycles. The van der Waals surface area contributed by atoms with Gasteiger partial charge in [0.15, 0.2) is 0 Å². The Morgan fingerprint density at radius 1 is 1.04 bits per heavy atom. The molecule has 0 N–H and O–H groups in total. The summed E-state index contributed by atoms with van der Waals surface area (Å²) in [6, 6.07) is 7.29. The molecule has 26 heavy (non-hydrogen) atoms. The molecule has 1 rings (SSSR count). The average molecular weight is 367 g/mol. The summed E-state index contributed by atoms with van der Waals surface area (Å²) >= 11 is 0. The Hall–Kier alpha value is -2.28. The van der Waals surface area contributed by atoms with Crippen LogP contribution in [0, 0.1) is 5.92 Å². The number of amides is 1. The molecule has 0 saturated heterocycles. The zero-order valence-electron chi connectivity index (χ0n) is 16.0. The Labute approximate surface area is 155 Å². The molecule has 0 spiro atoms. The van der Waals surface area contributed by atoms with E-state index in [1.165, 1.54) is 7.11 Å². The second-order valence-corrected chi connectivity index (χ2v) is 5.88. The van der Waals surface area contributed by atoms with Crippen molar-refractivity contribution in [1.82, 2.24) is 4.90 Å². The van der Waals surface area contributed by atoms with Crippen molar-refractivity contribution >= 4 is 11.9 Å². The summed E-state index contributed by atoms with van der Waals surface area (Å²) in [4.78, 5) is 25.7. The summed E-state index contributed by atoms with van der Waals surface area (Å²) in [5.74, 6) is 0.755. The molecule has 146 valence electrons. The first kappa shape index (κ1) is 21.8. The zero-order valence-corrected chi connectivity index (χ0v) is 16.0. The fourth-order valence-corrected chi connectivity index (χ4v) is 2.37. The van der Waals surface area contributed by atoms with Gasteiger partial charge < -0.3 is 23.8 Å². The van der Waals surface area contributed by atoms with Crippen LogP contribution in [0.5, 0.6) is 11.5 Å². The number of carbonyl (C=O) groups is 2. The molecular weight excluding hydrogens is 338 g/mol. The standard InChI is InChI=1S/C19H29NO6/c1-15(19(22)25-4)14-20(11-13-23-2)18(21)6-5-12-26-17-9-7-16(24-3)8-10-17/h7-10,15H,5-6,11-14H2,1-4H3. The molecule has 1 aromatic rings. The molecule has 0 radical (unpaired) electrons. The molecule has 0 aliphatic rings. The van der Waals surface area contributed by atoms with Crippen molar-refractivity contribution in [2.45, 2.75) is 19.8 Å². The molecule has 0 fully saturated rings. The first-order valence-electron chi connectivity index (χ1n) is 8.63. The smallest absolute Gasteiger partial charge is 0.310 e. The Balaban J connectivity index is 2.42. The van der Waals surface area contributed by atoms with Gasteiger partial charge >= 0.3 is 5.97 Å². The Morgan fingerprint density at radius 2 is 1.69 bits per heavy atom. The molecule has 1 amide bonds. The van der Waals surface area contributed by atoms with E-state index in [1.807, 2.05) is 24.3 Å². The van der Waals surface area contributed by atoms with E-state index in [0.717, 1.165) is 11.5 Å². The molecule has 1 unspecified atom stereocenters. The lowest BCUT2D eigenvalue weighted by atomic mass is 10.1. The summed E-state index contributed by atoms with van der Waals surface area (Å²) in [6.45, 7) is 3.35. The number of ether oxygens (including phenoxy) is 4. The molecule has 7 nitrogen and oxygen atoms in total. The van der Waals surface area contributed by atoms with Gasteiger partial charge in [-0.3, -0.25) is 9.59 Å². The maximum atomic E-state index is 12.4. The maximum absolute atomic E-state index is 12.4. The highest BCUT2D eigenvalue weighted by atomic mass is 16.5. The van der Waals surface area contributed by atoms with Gasteiger partial charge in [-0.05, 0) is 30.7 Å². The van der Waals surface area contributed by atoms with Crippen molar-refractivity contribution in [2.24, 2.45) is 5.92 Å². The van der Waals surface area contributed by atoms with Crippen molar-refractivity contribution < 1.29 is 28.5 Å². The lowest BCUT2D eigenvalue weighted by Crippen LogP contribution is -2.39. The Bertz CT molecular complexity index is 545. The van der Waals surface area contributed by atoms with Crippen LogP contribution in [0.4, 0.5) is 0 Å².